The van der Waals surface area contributed by atoms with E-state index >= 15 is 0 Å². The second-order valence-electron chi connectivity index (χ2n) is 6.92. The Bertz CT molecular complexity index is 349. The van der Waals surface area contributed by atoms with Crippen LogP contribution >= 0.6 is 7.14 Å². The molecule has 18 heavy (non-hydrogen) atoms. The van der Waals surface area contributed by atoms with Gasteiger partial charge in [0.1, 0.15) is 0 Å². The molecule has 0 aromatic heterocycles. The molecule has 102 valence electrons. The van der Waals surface area contributed by atoms with Gasteiger partial charge in [-0.15, -0.1) is 0 Å². The fourth-order valence-electron chi connectivity index (χ4n) is 5.11. The van der Waals surface area contributed by atoms with Gasteiger partial charge in [-0.3, -0.25) is 0 Å². The van der Waals surface area contributed by atoms with Gasteiger partial charge in [0.2, 0.25) is 0 Å². The van der Waals surface area contributed by atoms with Gasteiger partial charge in [-0.1, -0.05) is 25.7 Å². The molecule has 0 aromatic carbocycles. The number of ether oxygens (including phenoxy) is 1. The Labute approximate surface area is 110 Å². The molecule has 4 rings (SSSR count). The smallest absolute Gasteiger partial charge is 0.0991 e. The highest BCUT2D eigenvalue weighted by molar-refractivity contribution is 7.66. The summed E-state index contributed by atoms with van der Waals surface area (Å²) >= 11 is 0. The molecule has 1 aliphatic heterocycles. The molecule has 3 saturated carbocycles. The Balaban J connectivity index is 1.65. The van der Waals surface area contributed by atoms with E-state index in [1.54, 1.807) is 0 Å². The third kappa shape index (κ3) is 1.68. The van der Waals surface area contributed by atoms with Crippen LogP contribution in [0.15, 0.2) is 0 Å². The van der Waals surface area contributed by atoms with E-state index < -0.39 is 7.14 Å². The molecule has 3 aliphatic carbocycles. The normalized spacial score (nSPS) is 41.4. The first-order valence-electron chi connectivity index (χ1n) is 8.04. The van der Waals surface area contributed by atoms with Crippen molar-refractivity contribution in [2.75, 3.05) is 0 Å². The van der Waals surface area contributed by atoms with Crippen LogP contribution < -0.4 is 0 Å². The summed E-state index contributed by atoms with van der Waals surface area (Å²) in [5.41, 5.74) is 1.62. The van der Waals surface area contributed by atoms with Gasteiger partial charge in [0, 0.05) is 17.0 Å². The Kier molecular flexibility index (Phi) is 2.89. The van der Waals surface area contributed by atoms with Crippen molar-refractivity contribution in [2.24, 2.45) is 0 Å². The Morgan fingerprint density at radius 1 is 0.778 bits per heavy atom. The van der Waals surface area contributed by atoms with E-state index in [1.165, 1.54) is 64.2 Å². The molecule has 0 spiro atoms. The SMILES string of the molecule is O=P(C1CCCC1)(C1CCCC1)[C@@H]1CC[C@H]2O[C@@H]12. The van der Waals surface area contributed by atoms with Crippen LogP contribution in [-0.2, 0) is 9.30 Å². The van der Waals surface area contributed by atoms with Gasteiger partial charge < -0.3 is 9.30 Å². The first kappa shape index (κ1) is 12.0. The minimum atomic E-state index is -2.00. The summed E-state index contributed by atoms with van der Waals surface area (Å²) in [5.74, 6) is 0. The molecule has 0 amide bonds. The van der Waals surface area contributed by atoms with Gasteiger partial charge >= 0.3 is 0 Å². The lowest BCUT2D eigenvalue weighted by Gasteiger charge is -2.35. The highest BCUT2D eigenvalue weighted by atomic mass is 31.2. The van der Waals surface area contributed by atoms with Gasteiger partial charge in [0.25, 0.3) is 0 Å². The fourth-order valence-corrected chi connectivity index (χ4v) is 10.4. The van der Waals surface area contributed by atoms with Crippen molar-refractivity contribution in [1.82, 2.24) is 0 Å². The molecule has 1 saturated heterocycles. The number of hydrogen-bond donors (Lipinski definition) is 0. The maximum absolute atomic E-state index is 14.0. The predicted molar refractivity (Wildman–Crippen MR) is 73.8 cm³/mol. The minimum Gasteiger partial charge on any atom is -0.369 e. The van der Waals surface area contributed by atoms with Gasteiger partial charge in [0.15, 0.2) is 0 Å². The summed E-state index contributed by atoms with van der Waals surface area (Å²) in [7, 11) is -2.00. The van der Waals surface area contributed by atoms with Gasteiger partial charge in [-0.2, -0.15) is 0 Å². The number of epoxide rings is 1. The van der Waals surface area contributed by atoms with Crippen LogP contribution in [-0.4, -0.2) is 29.2 Å². The Hall–Kier alpha value is 0.190. The lowest BCUT2D eigenvalue weighted by Crippen LogP contribution is -2.26. The monoisotopic (exact) mass is 268 g/mol. The van der Waals surface area contributed by atoms with Crippen LogP contribution in [0.2, 0.25) is 0 Å². The van der Waals surface area contributed by atoms with E-state index in [2.05, 4.69) is 0 Å². The molecule has 0 radical (unpaired) electrons. The van der Waals surface area contributed by atoms with Crippen LogP contribution in [0.5, 0.6) is 0 Å². The summed E-state index contributed by atoms with van der Waals surface area (Å²) in [5, 5.41) is 0. The second kappa shape index (κ2) is 4.35. The van der Waals surface area contributed by atoms with E-state index in [-0.39, 0.29) is 0 Å². The number of hydrogen-bond acceptors (Lipinski definition) is 2. The summed E-state index contributed by atoms with van der Waals surface area (Å²) < 4.78 is 19.7. The quantitative estimate of drug-likeness (QED) is 0.568. The molecule has 4 fully saturated rings. The zero-order chi connectivity index (χ0) is 12.2. The van der Waals surface area contributed by atoms with Crippen LogP contribution in [0.4, 0.5) is 0 Å². The predicted octanol–water partition coefficient (Wildman–Crippen LogP) is 4.16. The van der Waals surface area contributed by atoms with Crippen LogP contribution in [0.25, 0.3) is 0 Å². The van der Waals surface area contributed by atoms with Crippen molar-refractivity contribution in [3.63, 3.8) is 0 Å². The molecular formula is C15H25O2P. The van der Waals surface area contributed by atoms with Crippen LogP contribution in [0.3, 0.4) is 0 Å². The summed E-state index contributed by atoms with van der Waals surface area (Å²) in [6.07, 6.45) is 13.6. The number of rotatable bonds is 3. The van der Waals surface area contributed by atoms with Crippen molar-refractivity contribution < 1.29 is 9.30 Å². The first-order valence-corrected chi connectivity index (χ1v) is 9.96. The maximum Gasteiger partial charge on any atom is 0.0991 e. The lowest BCUT2D eigenvalue weighted by atomic mass is 10.3. The first-order chi connectivity index (χ1) is 8.80. The molecular weight excluding hydrogens is 243 g/mol. The van der Waals surface area contributed by atoms with Crippen molar-refractivity contribution in [3.05, 3.63) is 0 Å². The minimum absolute atomic E-state index is 0.414. The van der Waals surface area contributed by atoms with E-state index in [0.717, 1.165) is 0 Å². The molecule has 2 nitrogen and oxygen atoms in total. The zero-order valence-corrected chi connectivity index (χ0v) is 12.1. The average Bonchev–Trinajstić information content (AvgIpc) is 2.97. The van der Waals surface area contributed by atoms with Crippen molar-refractivity contribution in [3.8, 4) is 0 Å². The molecule has 0 unspecified atom stereocenters. The average molecular weight is 268 g/mol. The van der Waals surface area contributed by atoms with E-state index in [4.69, 9.17) is 4.74 Å². The zero-order valence-electron chi connectivity index (χ0n) is 11.2. The second-order valence-corrected chi connectivity index (χ2v) is 10.6. The molecule has 4 aliphatic rings. The summed E-state index contributed by atoms with van der Waals surface area (Å²) in [6.45, 7) is 0. The Morgan fingerprint density at radius 3 is 1.72 bits per heavy atom. The molecule has 0 N–H and O–H groups in total. The molecule has 0 bridgehead atoms. The maximum atomic E-state index is 14.0. The largest absolute Gasteiger partial charge is 0.369 e. The third-order valence-electron chi connectivity index (χ3n) is 6.06. The highest BCUT2D eigenvalue weighted by Gasteiger charge is 2.60. The van der Waals surface area contributed by atoms with Crippen molar-refractivity contribution in [2.45, 2.75) is 93.4 Å². The fraction of sp³-hybridized carbons (Fsp3) is 1.00. The standard InChI is InChI=1S/C15H25O2P/c16-18(11-5-1-2-6-11,12-7-3-4-8-12)14-10-9-13-15(14)17-13/h11-15H,1-10H2/t13-,14-,15-/m1/s1. The highest BCUT2D eigenvalue weighted by Crippen LogP contribution is 2.71. The third-order valence-corrected chi connectivity index (χ3v) is 11.0. The van der Waals surface area contributed by atoms with Crippen LogP contribution in [0.1, 0.15) is 64.2 Å². The number of fused-ring (bicyclic) bond motifs is 1. The van der Waals surface area contributed by atoms with Crippen molar-refractivity contribution >= 4 is 7.14 Å². The van der Waals surface area contributed by atoms with Crippen LogP contribution in [0, 0.1) is 0 Å². The topological polar surface area (TPSA) is 29.6 Å². The molecule has 3 atom stereocenters. The molecule has 3 heteroatoms. The van der Waals surface area contributed by atoms with Gasteiger partial charge in [0.05, 0.1) is 19.3 Å². The summed E-state index contributed by atoms with van der Waals surface area (Å²) in [4.78, 5) is 0. The lowest BCUT2D eigenvalue weighted by molar-refractivity contribution is 0.320. The van der Waals surface area contributed by atoms with E-state index in [1.807, 2.05) is 0 Å². The Morgan fingerprint density at radius 2 is 1.33 bits per heavy atom. The van der Waals surface area contributed by atoms with E-state index in [0.29, 0.717) is 29.2 Å². The molecule has 1 heterocycles. The molecule has 0 aromatic rings. The van der Waals surface area contributed by atoms with Gasteiger partial charge in [-0.25, -0.2) is 0 Å². The summed E-state index contributed by atoms with van der Waals surface area (Å²) in [6, 6.07) is 0. The van der Waals surface area contributed by atoms with Crippen molar-refractivity contribution in [1.29, 1.82) is 0 Å². The van der Waals surface area contributed by atoms with Gasteiger partial charge in [-0.05, 0) is 38.5 Å². The van der Waals surface area contributed by atoms with E-state index in [9.17, 15) is 4.57 Å².